The van der Waals surface area contributed by atoms with Gasteiger partial charge in [0, 0.05) is 23.2 Å². The summed E-state index contributed by atoms with van der Waals surface area (Å²) in [5.41, 5.74) is 0.627. The number of amides is 1. The van der Waals surface area contributed by atoms with Crippen molar-refractivity contribution < 1.29 is 4.79 Å². The van der Waals surface area contributed by atoms with Crippen LogP contribution in [-0.4, -0.2) is 17.4 Å². The molecule has 0 aliphatic rings. The predicted molar refractivity (Wildman–Crippen MR) is 83.2 cm³/mol. The summed E-state index contributed by atoms with van der Waals surface area (Å²) < 4.78 is 0. The third-order valence-corrected chi connectivity index (χ3v) is 3.95. The molecule has 1 unspecified atom stereocenters. The van der Waals surface area contributed by atoms with Crippen LogP contribution in [0.3, 0.4) is 0 Å². The van der Waals surface area contributed by atoms with E-state index in [4.69, 9.17) is 0 Å². The molecule has 2 N–H and O–H groups in total. The highest BCUT2D eigenvalue weighted by Crippen LogP contribution is 2.18. The van der Waals surface area contributed by atoms with Gasteiger partial charge in [0.05, 0.1) is 6.04 Å². The van der Waals surface area contributed by atoms with Gasteiger partial charge in [-0.2, -0.15) is 0 Å². The number of nitrogens with one attached hydrogen (secondary N) is 2. The molecule has 0 aromatic carbocycles. The normalized spacial score (nSPS) is 11.9. The minimum atomic E-state index is -0.0761. The van der Waals surface area contributed by atoms with Crippen LogP contribution in [0, 0.1) is 0 Å². The van der Waals surface area contributed by atoms with Crippen molar-refractivity contribution in [1.29, 1.82) is 0 Å². The van der Waals surface area contributed by atoms with Crippen molar-refractivity contribution in [2.24, 2.45) is 0 Å². The molecule has 0 bridgehead atoms. The Morgan fingerprint density at radius 3 is 3.00 bits per heavy atom. The first-order valence-electron chi connectivity index (χ1n) is 6.75. The van der Waals surface area contributed by atoms with Gasteiger partial charge in [-0.3, -0.25) is 4.79 Å². The van der Waals surface area contributed by atoms with Crippen molar-refractivity contribution in [2.75, 3.05) is 11.9 Å². The molecule has 0 spiro atoms. The summed E-state index contributed by atoms with van der Waals surface area (Å²) in [4.78, 5) is 17.6. The second-order valence-corrected chi connectivity index (χ2v) is 5.55. The maximum atomic E-state index is 12.2. The smallest absolute Gasteiger partial charge is 0.251 e. The molecule has 0 aliphatic heterocycles. The van der Waals surface area contributed by atoms with Gasteiger partial charge in [0.2, 0.25) is 0 Å². The molecule has 106 valence electrons. The largest absolute Gasteiger partial charge is 0.370 e. The summed E-state index contributed by atoms with van der Waals surface area (Å²) >= 11 is 1.64. The molecule has 2 rings (SSSR count). The first-order valence-corrected chi connectivity index (χ1v) is 7.63. The van der Waals surface area contributed by atoms with E-state index in [1.807, 2.05) is 24.4 Å². The van der Waals surface area contributed by atoms with Crippen LogP contribution in [0.2, 0.25) is 0 Å². The number of carbonyl (C=O) groups is 1. The number of pyridine rings is 1. The Morgan fingerprint density at radius 2 is 2.30 bits per heavy atom. The first kappa shape index (κ1) is 14.5. The zero-order chi connectivity index (χ0) is 14.4. The van der Waals surface area contributed by atoms with Gasteiger partial charge in [0.25, 0.3) is 5.91 Å². The summed E-state index contributed by atoms with van der Waals surface area (Å²) in [5, 5.41) is 8.19. The van der Waals surface area contributed by atoms with Crippen molar-refractivity contribution >= 4 is 23.1 Å². The summed E-state index contributed by atoms with van der Waals surface area (Å²) in [5.74, 6) is 0.663. The molecule has 2 heterocycles. The highest BCUT2D eigenvalue weighted by atomic mass is 32.1. The Bertz CT molecular complexity index is 554. The van der Waals surface area contributed by atoms with Gasteiger partial charge in [-0.1, -0.05) is 13.0 Å². The van der Waals surface area contributed by atoms with Crippen LogP contribution in [0.4, 0.5) is 5.82 Å². The number of aromatic nitrogens is 1. The standard InChI is InChI=1S/C15H19N3OS/c1-3-7-16-14-10-12(6-8-17-14)15(19)18-11(2)13-5-4-9-20-13/h4-6,8-11H,3,7H2,1-2H3,(H,16,17)(H,18,19). The molecule has 20 heavy (non-hydrogen) atoms. The minimum absolute atomic E-state index is 0.0164. The van der Waals surface area contributed by atoms with E-state index in [2.05, 4.69) is 22.5 Å². The van der Waals surface area contributed by atoms with Crippen molar-refractivity contribution in [2.45, 2.75) is 26.3 Å². The van der Waals surface area contributed by atoms with E-state index in [-0.39, 0.29) is 11.9 Å². The fourth-order valence-electron chi connectivity index (χ4n) is 1.81. The van der Waals surface area contributed by atoms with Gasteiger partial charge < -0.3 is 10.6 Å². The van der Waals surface area contributed by atoms with E-state index in [0.717, 1.165) is 23.7 Å². The zero-order valence-corrected chi connectivity index (χ0v) is 12.5. The van der Waals surface area contributed by atoms with E-state index in [9.17, 15) is 4.79 Å². The number of thiophene rings is 1. The van der Waals surface area contributed by atoms with Gasteiger partial charge in [-0.25, -0.2) is 4.98 Å². The highest BCUT2D eigenvalue weighted by Gasteiger charge is 2.12. The molecule has 0 aliphatic carbocycles. The van der Waals surface area contributed by atoms with Crippen LogP contribution < -0.4 is 10.6 Å². The fourth-order valence-corrected chi connectivity index (χ4v) is 2.54. The van der Waals surface area contributed by atoms with Gasteiger partial charge in [0.15, 0.2) is 0 Å². The predicted octanol–water partition coefficient (Wildman–Crippen LogP) is 3.46. The first-order chi connectivity index (χ1) is 9.70. The summed E-state index contributed by atoms with van der Waals surface area (Å²) in [6, 6.07) is 7.54. The number of nitrogens with zero attached hydrogens (tertiary/aromatic N) is 1. The Kier molecular flexibility index (Phi) is 5.12. The van der Waals surface area contributed by atoms with Crippen LogP contribution in [0.5, 0.6) is 0 Å². The van der Waals surface area contributed by atoms with E-state index in [1.54, 1.807) is 29.7 Å². The number of rotatable bonds is 6. The van der Waals surface area contributed by atoms with Crippen molar-refractivity contribution in [3.63, 3.8) is 0 Å². The third-order valence-electron chi connectivity index (χ3n) is 2.90. The molecule has 5 heteroatoms. The average molecular weight is 289 g/mol. The second-order valence-electron chi connectivity index (χ2n) is 4.57. The number of carbonyl (C=O) groups excluding carboxylic acids is 1. The van der Waals surface area contributed by atoms with Gasteiger partial charge >= 0.3 is 0 Å². The molecule has 0 radical (unpaired) electrons. The minimum Gasteiger partial charge on any atom is -0.370 e. The number of anilines is 1. The molecule has 1 amide bonds. The Balaban J connectivity index is 2.01. The lowest BCUT2D eigenvalue weighted by atomic mass is 10.2. The van der Waals surface area contributed by atoms with E-state index in [0.29, 0.717) is 5.56 Å². The van der Waals surface area contributed by atoms with E-state index >= 15 is 0 Å². The molecular weight excluding hydrogens is 270 g/mol. The SMILES string of the molecule is CCCNc1cc(C(=O)NC(C)c2cccs2)ccn1. The lowest BCUT2D eigenvalue weighted by Gasteiger charge is -2.12. The van der Waals surface area contributed by atoms with Crippen LogP contribution in [-0.2, 0) is 0 Å². The fraction of sp³-hybridized carbons (Fsp3) is 0.333. The third kappa shape index (κ3) is 3.81. The lowest BCUT2D eigenvalue weighted by Crippen LogP contribution is -2.26. The number of hydrogen-bond donors (Lipinski definition) is 2. The molecule has 0 saturated heterocycles. The van der Waals surface area contributed by atoms with E-state index in [1.165, 1.54) is 0 Å². The highest BCUT2D eigenvalue weighted by molar-refractivity contribution is 7.10. The second kappa shape index (κ2) is 7.05. The molecule has 0 saturated carbocycles. The van der Waals surface area contributed by atoms with Crippen LogP contribution in [0.25, 0.3) is 0 Å². The molecule has 0 fully saturated rings. The van der Waals surface area contributed by atoms with Gasteiger partial charge in [-0.15, -0.1) is 11.3 Å². The summed E-state index contributed by atoms with van der Waals surface area (Å²) in [7, 11) is 0. The topological polar surface area (TPSA) is 54.0 Å². The van der Waals surface area contributed by atoms with E-state index < -0.39 is 0 Å². The maximum absolute atomic E-state index is 12.2. The molecule has 4 nitrogen and oxygen atoms in total. The van der Waals surface area contributed by atoms with Crippen molar-refractivity contribution in [3.05, 3.63) is 46.3 Å². The summed E-state index contributed by atoms with van der Waals surface area (Å²) in [6.07, 6.45) is 2.68. The molecular formula is C15H19N3OS. The van der Waals surface area contributed by atoms with Crippen LogP contribution in [0.1, 0.15) is 41.5 Å². The van der Waals surface area contributed by atoms with Crippen molar-refractivity contribution in [1.82, 2.24) is 10.3 Å². The Morgan fingerprint density at radius 1 is 1.45 bits per heavy atom. The molecule has 1 atom stereocenters. The monoisotopic (exact) mass is 289 g/mol. The Hall–Kier alpha value is -1.88. The average Bonchev–Trinajstić information content (AvgIpc) is 2.99. The quantitative estimate of drug-likeness (QED) is 0.856. The lowest BCUT2D eigenvalue weighted by molar-refractivity contribution is 0.0940. The van der Waals surface area contributed by atoms with Crippen LogP contribution >= 0.6 is 11.3 Å². The number of hydrogen-bond acceptors (Lipinski definition) is 4. The Labute approximate surface area is 123 Å². The maximum Gasteiger partial charge on any atom is 0.251 e. The summed E-state index contributed by atoms with van der Waals surface area (Å²) in [6.45, 7) is 4.93. The molecule has 2 aromatic heterocycles. The molecule has 2 aromatic rings. The van der Waals surface area contributed by atoms with Crippen LogP contribution in [0.15, 0.2) is 35.8 Å². The van der Waals surface area contributed by atoms with Crippen molar-refractivity contribution in [3.8, 4) is 0 Å². The van der Waals surface area contributed by atoms with Gasteiger partial charge in [0.1, 0.15) is 5.82 Å². The zero-order valence-electron chi connectivity index (χ0n) is 11.7. The van der Waals surface area contributed by atoms with Gasteiger partial charge in [-0.05, 0) is 36.9 Å².